The molecule has 3 N–H and O–H groups in total. The van der Waals surface area contributed by atoms with Crippen LogP contribution in [0.5, 0.6) is 0 Å². The summed E-state index contributed by atoms with van der Waals surface area (Å²) in [6.45, 7) is 2.99. The summed E-state index contributed by atoms with van der Waals surface area (Å²) in [6.07, 6.45) is 4.29. The number of H-pyrrole nitrogens is 1. The lowest BCUT2D eigenvalue weighted by atomic mass is 9.70. The summed E-state index contributed by atoms with van der Waals surface area (Å²) in [6, 6.07) is 6.39. The molecule has 2 aromatic rings. The van der Waals surface area contributed by atoms with Crippen molar-refractivity contribution in [2.75, 3.05) is 27.2 Å². The summed E-state index contributed by atoms with van der Waals surface area (Å²) >= 11 is 0. The Labute approximate surface area is 171 Å². The Bertz CT molecular complexity index is 909. The quantitative estimate of drug-likeness (QED) is 0.675. The van der Waals surface area contributed by atoms with Crippen LogP contribution in [0.3, 0.4) is 0 Å². The summed E-state index contributed by atoms with van der Waals surface area (Å²) in [4.78, 5) is 30.1. The first-order valence-electron chi connectivity index (χ1n) is 10.4. The van der Waals surface area contributed by atoms with E-state index >= 15 is 0 Å². The van der Waals surface area contributed by atoms with Crippen molar-refractivity contribution in [2.24, 2.45) is 5.92 Å². The van der Waals surface area contributed by atoms with E-state index in [0.29, 0.717) is 18.6 Å². The molecule has 0 bridgehead atoms. The standard InChI is InChI=1S/C22H30N4O3/c1-4-29-20(27)10-18(25-22(28)23-2)14-8-16-15-6-5-7-17-21(15)13(11-24-17)9-19(16)26(3)12-14/h5-7,11,14,16,18-19,24H,4,8-10,12H2,1-3H3,(H2,23,25,28)/t14?,16-,18?,19-/m1/s1. The molecule has 1 aliphatic carbocycles. The molecule has 4 rings (SSSR count). The maximum atomic E-state index is 12.2. The fourth-order valence-corrected chi connectivity index (χ4v) is 5.25. The smallest absolute Gasteiger partial charge is 0.314 e. The number of rotatable bonds is 5. The first-order chi connectivity index (χ1) is 14.0. The number of nitrogens with zero attached hydrogens (tertiary/aromatic N) is 1. The summed E-state index contributed by atoms with van der Waals surface area (Å²) in [5.41, 5.74) is 3.95. The second-order valence-electron chi connectivity index (χ2n) is 8.24. The predicted octanol–water partition coefficient (Wildman–Crippen LogP) is 2.38. The minimum absolute atomic E-state index is 0.165. The molecule has 2 heterocycles. The van der Waals surface area contributed by atoms with Gasteiger partial charge in [0.25, 0.3) is 0 Å². The van der Waals surface area contributed by atoms with Crippen molar-refractivity contribution in [3.8, 4) is 0 Å². The molecule has 2 unspecified atom stereocenters. The third-order valence-corrected chi connectivity index (χ3v) is 6.56. The molecule has 1 aromatic heterocycles. The highest BCUT2D eigenvalue weighted by atomic mass is 16.5. The van der Waals surface area contributed by atoms with Crippen molar-refractivity contribution < 1.29 is 14.3 Å². The zero-order valence-corrected chi connectivity index (χ0v) is 17.3. The minimum Gasteiger partial charge on any atom is -0.466 e. The van der Waals surface area contributed by atoms with E-state index in [1.54, 1.807) is 14.0 Å². The largest absolute Gasteiger partial charge is 0.466 e. The molecule has 7 nitrogen and oxygen atoms in total. The van der Waals surface area contributed by atoms with Crippen molar-refractivity contribution in [2.45, 2.75) is 44.2 Å². The number of nitrogens with one attached hydrogen (secondary N) is 3. The van der Waals surface area contributed by atoms with Crippen molar-refractivity contribution >= 4 is 22.9 Å². The molecule has 0 radical (unpaired) electrons. The number of esters is 1. The van der Waals surface area contributed by atoms with Crippen LogP contribution in [0.15, 0.2) is 24.4 Å². The minimum atomic E-state index is -0.266. The van der Waals surface area contributed by atoms with E-state index in [-0.39, 0.29) is 30.4 Å². The molecule has 1 aliphatic heterocycles. The van der Waals surface area contributed by atoms with Crippen LogP contribution in [0.25, 0.3) is 10.9 Å². The predicted molar refractivity (Wildman–Crippen MR) is 112 cm³/mol. The molecule has 1 aromatic carbocycles. The lowest BCUT2D eigenvalue weighted by molar-refractivity contribution is -0.144. The van der Waals surface area contributed by atoms with E-state index in [4.69, 9.17) is 4.74 Å². The highest BCUT2D eigenvalue weighted by molar-refractivity contribution is 5.88. The average molecular weight is 399 g/mol. The van der Waals surface area contributed by atoms with Crippen LogP contribution >= 0.6 is 0 Å². The number of hydrogen-bond donors (Lipinski definition) is 3. The summed E-state index contributed by atoms with van der Waals surface area (Å²) in [5, 5.41) is 6.96. The number of hydrogen-bond acceptors (Lipinski definition) is 4. The molecular weight excluding hydrogens is 368 g/mol. The van der Waals surface area contributed by atoms with Crippen LogP contribution in [0, 0.1) is 5.92 Å². The van der Waals surface area contributed by atoms with Crippen LogP contribution in [0.2, 0.25) is 0 Å². The molecule has 1 fully saturated rings. The maximum Gasteiger partial charge on any atom is 0.314 e. The molecule has 7 heteroatoms. The molecular formula is C22H30N4O3. The Balaban J connectivity index is 1.62. The van der Waals surface area contributed by atoms with E-state index in [2.05, 4.69) is 52.0 Å². The van der Waals surface area contributed by atoms with Gasteiger partial charge >= 0.3 is 12.0 Å². The zero-order valence-electron chi connectivity index (χ0n) is 17.3. The molecule has 29 heavy (non-hydrogen) atoms. The van der Waals surface area contributed by atoms with Gasteiger partial charge in [-0.2, -0.15) is 0 Å². The number of ether oxygens (including phenoxy) is 1. The monoisotopic (exact) mass is 398 g/mol. The molecule has 2 aliphatic rings. The number of amides is 2. The van der Waals surface area contributed by atoms with Gasteiger partial charge in [-0.05, 0) is 49.9 Å². The van der Waals surface area contributed by atoms with Crippen molar-refractivity contribution in [3.63, 3.8) is 0 Å². The van der Waals surface area contributed by atoms with Gasteiger partial charge in [0.15, 0.2) is 0 Å². The van der Waals surface area contributed by atoms with Crippen LogP contribution in [-0.4, -0.2) is 61.2 Å². The van der Waals surface area contributed by atoms with Gasteiger partial charge in [-0.3, -0.25) is 4.79 Å². The van der Waals surface area contributed by atoms with Gasteiger partial charge in [0.2, 0.25) is 0 Å². The number of aromatic nitrogens is 1. The number of carbonyl (C=O) groups excluding carboxylic acids is 2. The first kappa shape index (κ1) is 19.8. The number of fused-ring (bicyclic) bond motifs is 2. The summed E-state index contributed by atoms with van der Waals surface area (Å²) in [5.74, 6) is 0.276. The molecule has 0 saturated carbocycles. The van der Waals surface area contributed by atoms with Crippen LogP contribution in [0.4, 0.5) is 4.79 Å². The molecule has 1 saturated heterocycles. The number of piperidine rings is 1. The van der Waals surface area contributed by atoms with Gasteiger partial charge < -0.3 is 25.3 Å². The average Bonchev–Trinajstić information content (AvgIpc) is 3.12. The number of benzene rings is 1. The van der Waals surface area contributed by atoms with Crippen molar-refractivity contribution in [1.82, 2.24) is 20.5 Å². The molecule has 4 atom stereocenters. The molecule has 2 amide bonds. The number of carbonyl (C=O) groups is 2. The summed E-state index contributed by atoms with van der Waals surface area (Å²) < 4.78 is 5.17. The van der Waals surface area contributed by atoms with Gasteiger partial charge in [0.1, 0.15) is 0 Å². The number of likely N-dealkylation sites (tertiary alicyclic amines) is 1. The van der Waals surface area contributed by atoms with E-state index in [1.807, 2.05) is 0 Å². The summed E-state index contributed by atoms with van der Waals surface area (Å²) in [7, 11) is 3.75. The van der Waals surface area contributed by atoms with Gasteiger partial charge in [-0.25, -0.2) is 4.79 Å². The fraction of sp³-hybridized carbons (Fsp3) is 0.545. The van der Waals surface area contributed by atoms with Gasteiger partial charge in [-0.1, -0.05) is 12.1 Å². The van der Waals surface area contributed by atoms with Crippen LogP contribution < -0.4 is 10.6 Å². The lowest BCUT2D eigenvalue weighted by Crippen LogP contribution is -2.55. The van der Waals surface area contributed by atoms with Gasteiger partial charge in [-0.15, -0.1) is 0 Å². The van der Waals surface area contributed by atoms with Crippen molar-refractivity contribution in [1.29, 1.82) is 0 Å². The Hall–Kier alpha value is -2.54. The van der Waals surface area contributed by atoms with E-state index < -0.39 is 0 Å². The Morgan fingerprint density at radius 2 is 2.21 bits per heavy atom. The number of aromatic amines is 1. The van der Waals surface area contributed by atoms with Crippen LogP contribution in [0.1, 0.15) is 36.8 Å². The normalized spacial score (nSPS) is 24.6. The fourth-order valence-electron chi connectivity index (χ4n) is 5.25. The third-order valence-electron chi connectivity index (χ3n) is 6.56. The Morgan fingerprint density at radius 1 is 1.38 bits per heavy atom. The third kappa shape index (κ3) is 3.71. The maximum absolute atomic E-state index is 12.2. The van der Waals surface area contributed by atoms with Crippen LogP contribution in [-0.2, 0) is 16.0 Å². The van der Waals surface area contributed by atoms with E-state index in [9.17, 15) is 9.59 Å². The topological polar surface area (TPSA) is 86.5 Å². The van der Waals surface area contributed by atoms with E-state index in [1.165, 1.54) is 22.0 Å². The zero-order chi connectivity index (χ0) is 20.5. The van der Waals surface area contributed by atoms with Crippen molar-refractivity contribution in [3.05, 3.63) is 35.5 Å². The van der Waals surface area contributed by atoms with Gasteiger partial charge in [0, 0.05) is 48.7 Å². The highest BCUT2D eigenvalue weighted by Crippen LogP contribution is 2.45. The second kappa shape index (κ2) is 8.06. The van der Waals surface area contributed by atoms with E-state index in [0.717, 1.165) is 19.4 Å². The Morgan fingerprint density at radius 3 is 2.97 bits per heavy atom. The molecule has 156 valence electrons. The molecule has 0 spiro atoms. The first-order valence-corrected chi connectivity index (χ1v) is 10.4. The lowest BCUT2D eigenvalue weighted by Gasteiger charge is -2.47. The SMILES string of the molecule is CCOC(=O)CC(NC(=O)NC)C1C[C@@H]2c3cccc4[nH]cc(c34)C[C@H]2N(C)C1. The van der Waals surface area contributed by atoms with Gasteiger partial charge in [0.05, 0.1) is 13.0 Å². The second-order valence-corrected chi connectivity index (χ2v) is 8.24. The Kier molecular flexibility index (Phi) is 5.50. The number of urea groups is 1. The highest BCUT2D eigenvalue weighted by Gasteiger charge is 2.42. The number of likely N-dealkylation sites (N-methyl/N-ethyl adjacent to an activating group) is 1.